The zero-order valence-corrected chi connectivity index (χ0v) is 20.6. The van der Waals surface area contributed by atoms with E-state index in [1.165, 1.54) is 6.92 Å². The molecule has 0 aliphatic heterocycles. The monoisotopic (exact) mass is 553 g/mol. The first-order chi connectivity index (χ1) is 15.1. The van der Waals surface area contributed by atoms with E-state index in [0.29, 0.717) is 25.9 Å². The number of aliphatic carboxylic acids is 1. The molecule has 1 saturated carbocycles. The summed E-state index contributed by atoms with van der Waals surface area (Å²) in [6.07, 6.45) is 8.21. The molecule has 0 aromatic carbocycles. The zero-order valence-electron chi connectivity index (χ0n) is 20.6. The van der Waals surface area contributed by atoms with Crippen molar-refractivity contribution < 1.29 is 29.0 Å². The smallest absolute Gasteiger partial charge is 0.307 e. The second-order valence-electron chi connectivity index (χ2n) is 8.68. The fourth-order valence-corrected chi connectivity index (χ4v) is 3.42. The molecular formula is C30H68N2O6. The molecule has 1 fully saturated rings. The van der Waals surface area contributed by atoms with Crippen LogP contribution in [0.5, 0.6) is 0 Å². The van der Waals surface area contributed by atoms with Gasteiger partial charge in [0.05, 0.1) is 18.4 Å². The van der Waals surface area contributed by atoms with E-state index in [0.717, 1.165) is 44.9 Å². The molecule has 0 bridgehead atoms. The molecule has 0 radical (unpaired) electrons. The first-order valence-electron chi connectivity index (χ1n) is 12.1. The van der Waals surface area contributed by atoms with Crippen molar-refractivity contribution in [1.82, 2.24) is 10.6 Å². The zero-order chi connectivity index (χ0) is 24.5. The summed E-state index contributed by atoms with van der Waals surface area (Å²) in [6, 6.07) is 0.386. The lowest BCUT2D eigenvalue weighted by molar-refractivity contribution is -0.149. The van der Waals surface area contributed by atoms with Crippen LogP contribution in [0.3, 0.4) is 0 Å². The summed E-state index contributed by atoms with van der Waals surface area (Å²) in [5, 5.41) is 14.9. The maximum Gasteiger partial charge on any atom is 0.307 e. The topological polar surface area (TPSA) is 122 Å². The van der Waals surface area contributed by atoms with Crippen LogP contribution in [-0.2, 0) is 23.9 Å². The van der Waals surface area contributed by atoms with Crippen LogP contribution >= 0.6 is 0 Å². The van der Waals surface area contributed by atoms with E-state index in [2.05, 4.69) is 10.6 Å². The number of amides is 2. The Morgan fingerprint density at radius 1 is 0.789 bits per heavy atom. The van der Waals surface area contributed by atoms with Crippen molar-refractivity contribution in [1.29, 1.82) is 0 Å². The molecule has 1 aliphatic carbocycles. The molecule has 0 aromatic rings. The summed E-state index contributed by atoms with van der Waals surface area (Å²) in [4.78, 5) is 44.8. The largest absolute Gasteiger partial charge is 0.481 e. The molecule has 4 unspecified atom stereocenters. The fraction of sp³-hybridized carbons (Fsp3) is 0.867. The Labute approximate surface area is 237 Å². The van der Waals surface area contributed by atoms with Gasteiger partial charge < -0.3 is 20.5 Å². The van der Waals surface area contributed by atoms with Gasteiger partial charge in [0, 0.05) is 25.4 Å². The molecule has 2 amide bonds. The van der Waals surface area contributed by atoms with Gasteiger partial charge in [0.1, 0.15) is 0 Å². The highest BCUT2D eigenvalue weighted by atomic mass is 16.5. The van der Waals surface area contributed by atoms with Gasteiger partial charge in [-0.2, -0.15) is 0 Å². The minimum atomic E-state index is -0.830. The molecule has 0 spiro atoms. The van der Waals surface area contributed by atoms with Crippen LogP contribution in [0.25, 0.3) is 0 Å². The summed E-state index contributed by atoms with van der Waals surface area (Å²) in [5.74, 6) is -1.86. The number of carbonyl (C=O) groups excluding carboxylic acids is 3. The number of ether oxygens (including phenoxy) is 1. The number of nitrogens with one attached hydrogen (secondary N) is 2. The van der Waals surface area contributed by atoms with Crippen molar-refractivity contribution in [3.63, 3.8) is 0 Å². The summed E-state index contributed by atoms with van der Waals surface area (Å²) in [7, 11) is 0. The van der Waals surface area contributed by atoms with E-state index < -0.39 is 11.9 Å². The third-order valence-corrected chi connectivity index (χ3v) is 5.79. The lowest BCUT2D eigenvalue weighted by Gasteiger charge is -2.28. The minimum Gasteiger partial charge on any atom is -0.481 e. The van der Waals surface area contributed by atoms with Crippen LogP contribution < -0.4 is 10.6 Å². The van der Waals surface area contributed by atoms with Crippen LogP contribution in [0.2, 0.25) is 0 Å². The Balaban J connectivity index is -0.0000000874. The predicted molar refractivity (Wildman–Crippen MR) is 164 cm³/mol. The summed E-state index contributed by atoms with van der Waals surface area (Å²) in [6.45, 7) is 9.85. The summed E-state index contributed by atoms with van der Waals surface area (Å²) >= 11 is 0. The van der Waals surface area contributed by atoms with Crippen molar-refractivity contribution in [2.24, 2.45) is 11.8 Å². The van der Waals surface area contributed by atoms with E-state index in [1.807, 2.05) is 27.7 Å². The Kier molecular flexibility index (Phi) is 42.8. The van der Waals surface area contributed by atoms with E-state index in [9.17, 15) is 19.2 Å². The highest BCUT2D eigenvalue weighted by Gasteiger charge is 2.35. The highest BCUT2D eigenvalue weighted by molar-refractivity contribution is 5.85. The number of carboxylic acids is 1. The number of hydrogen-bond acceptors (Lipinski definition) is 5. The van der Waals surface area contributed by atoms with Crippen LogP contribution in [-0.4, -0.2) is 47.6 Å². The predicted octanol–water partition coefficient (Wildman–Crippen LogP) is 7.63. The molecule has 38 heavy (non-hydrogen) atoms. The van der Waals surface area contributed by atoms with Gasteiger partial charge in [0.15, 0.2) is 0 Å². The van der Waals surface area contributed by atoms with Crippen molar-refractivity contribution >= 4 is 23.8 Å². The lowest BCUT2D eigenvalue weighted by Crippen LogP contribution is -2.42. The number of carboxylic acid groups (broad SMARTS) is 1. The van der Waals surface area contributed by atoms with Crippen molar-refractivity contribution in [2.45, 2.75) is 155 Å². The lowest BCUT2D eigenvalue weighted by atomic mass is 9.78. The van der Waals surface area contributed by atoms with Crippen molar-refractivity contribution in [3.05, 3.63) is 0 Å². The molecule has 4 atom stereocenters. The van der Waals surface area contributed by atoms with E-state index in [-0.39, 0.29) is 80.3 Å². The average Bonchev–Trinajstić information content (AvgIpc) is 2.76. The molecule has 0 aromatic heterocycles. The average molecular weight is 553 g/mol. The van der Waals surface area contributed by atoms with Gasteiger partial charge in [-0.15, -0.1) is 0 Å². The molecule has 0 saturated heterocycles. The van der Waals surface area contributed by atoms with Gasteiger partial charge in [-0.25, -0.2) is 0 Å². The minimum absolute atomic E-state index is 0. The molecule has 8 nitrogen and oxygen atoms in total. The second kappa shape index (κ2) is 31.1. The van der Waals surface area contributed by atoms with Crippen molar-refractivity contribution in [3.8, 4) is 0 Å². The number of esters is 1. The Morgan fingerprint density at radius 2 is 1.26 bits per heavy atom. The number of rotatable bonds is 12. The molecule has 8 heteroatoms. The number of unbranched alkanes of at least 4 members (excludes halogenated alkanes) is 2. The van der Waals surface area contributed by atoms with E-state index in [1.54, 1.807) is 0 Å². The Hall–Kier alpha value is -2.12. The van der Waals surface area contributed by atoms with Crippen LogP contribution in [0.15, 0.2) is 0 Å². The van der Waals surface area contributed by atoms with Gasteiger partial charge in [0.25, 0.3) is 0 Å². The summed E-state index contributed by atoms with van der Waals surface area (Å²) in [5.41, 5.74) is 0. The molecule has 1 rings (SSSR count). The number of carbonyl (C=O) groups is 4. The molecule has 1 aliphatic rings. The quantitative estimate of drug-likeness (QED) is 0.169. The molecule has 0 heterocycles. The SMILES string of the molecule is C.C.C.C.C.C.CCC(C)NC(=O)C1CCCCC1C(=O)O.CCC(C)NC(=O)CCCCCOC(C)=O. The molecule has 234 valence electrons. The number of hydrogen-bond donors (Lipinski definition) is 3. The third kappa shape index (κ3) is 25.5. The second-order valence-corrected chi connectivity index (χ2v) is 8.68. The summed E-state index contributed by atoms with van der Waals surface area (Å²) < 4.78 is 4.79. The van der Waals surface area contributed by atoms with Gasteiger partial charge >= 0.3 is 11.9 Å². The van der Waals surface area contributed by atoms with Crippen LogP contribution in [0.4, 0.5) is 0 Å². The van der Waals surface area contributed by atoms with Crippen LogP contribution in [0, 0.1) is 11.8 Å². The first kappa shape index (κ1) is 52.3. The van der Waals surface area contributed by atoms with Gasteiger partial charge in [0.2, 0.25) is 11.8 Å². The highest BCUT2D eigenvalue weighted by Crippen LogP contribution is 2.30. The van der Waals surface area contributed by atoms with Gasteiger partial charge in [-0.1, -0.05) is 71.2 Å². The molecule has 3 N–H and O–H groups in total. The Morgan fingerprint density at radius 3 is 1.71 bits per heavy atom. The first-order valence-corrected chi connectivity index (χ1v) is 12.1. The maximum absolute atomic E-state index is 11.9. The normalized spacial score (nSPS) is 16.4. The standard InChI is InChI=1S/C12H21NO3.C12H23NO3.6CH4/c1-3-8(2)13-11(14)9-6-4-5-7-10(9)12(15)16;1-4-10(2)13-12(15)8-6-5-7-9-16-11(3)14;;;;;;/h8-10H,3-7H2,1-2H3,(H,13,14)(H,15,16);10H,4-9H2,1-3H3,(H,13,15);6*1H4. The van der Waals surface area contributed by atoms with Gasteiger partial charge in [-0.3, -0.25) is 19.2 Å². The van der Waals surface area contributed by atoms with E-state index in [4.69, 9.17) is 9.84 Å². The van der Waals surface area contributed by atoms with Gasteiger partial charge in [-0.05, 0) is 58.8 Å². The maximum atomic E-state index is 11.9. The fourth-order valence-electron chi connectivity index (χ4n) is 3.42. The Bertz CT molecular complexity index is 583. The van der Waals surface area contributed by atoms with Crippen molar-refractivity contribution in [2.75, 3.05) is 6.61 Å². The third-order valence-electron chi connectivity index (χ3n) is 5.79. The van der Waals surface area contributed by atoms with Crippen LogP contribution in [0.1, 0.15) is 143 Å². The van der Waals surface area contributed by atoms with E-state index >= 15 is 0 Å². The molecular weight excluding hydrogens is 484 g/mol.